The van der Waals surface area contributed by atoms with Crippen molar-refractivity contribution >= 4 is 10.0 Å². The third kappa shape index (κ3) is 5.40. The number of hydrogen-bond donors (Lipinski definition) is 1. The van der Waals surface area contributed by atoms with Gasteiger partial charge in [-0.15, -0.1) is 0 Å². The van der Waals surface area contributed by atoms with Gasteiger partial charge in [-0.2, -0.15) is 4.31 Å². The second-order valence-electron chi connectivity index (χ2n) is 6.09. The predicted molar refractivity (Wildman–Crippen MR) is 80.8 cm³/mol. The highest BCUT2D eigenvalue weighted by Crippen LogP contribution is 2.26. The lowest BCUT2D eigenvalue weighted by atomic mass is 10.0. The first kappa shape index (κ1) is 16.9. The molecule has 0 aromatic heterocycles. The zero-order chi connectivity index (χ0) is 14.5. The smallest absolute Gasteiger partial charge is 0.214 e. The molecule has 1 aliphatic rings. The number of nitrogens with one attached hydrogen (secondary N) is 1. The maximum Gasteiger partial charge on any atom is 0.214 e. The van der Waals surface area contributed by atoms with E-state index in [-0.39, 0.29) is 12.1 Å². The quantitative estimate of drug-likeness (QED) is 0.732. The Labute approximate surface area is 119 Å². The van der Waals surface area contributed by atoms with Crippen LogP contribution in [0, 0.1) is 0 Å². The molecule has 0 saturated carbocycles. The first-order valence-corrected chi connectivity index (χ1v) is 9.20. The van der Waals surface area contributed by atoms with Gasteiger partial charge in [0.2, 0.25) is 10.0 Å². The Kier molecular flexibility index (Phi) is 6.77. The van der Waals surface area contributed by atoms with Gasteiger partial charge in [-0.1, -0.05) is 20.3 Å². The zero-order valence-electron chi connectivity index (χ0n) is 12.9. The predicted octanol–water partition coefficient (Wildman–Crippen LogP) is 2.36. The van der Waals surface area contributed by atoms with Crippen molar-refractivity contribution in [1.29, 1.82) is 0 Å². The lowest BCUT2D eigenvalue weighted by molar-refractivity contribution is 0.204. The van der Waals surface area contributed by atoms with Gasteiger partial charge in [0.1, 0.15) is 0 Å². The van der Waals surface area contributed by atoms with Gasteiger partial charge in [0.15, 0.2) is 0 Å². The van der Waals surface area contributed by atoms with Crippen LogP contribution < -0.4 is 5.32 Å². The maximum absolute atomic E-state index is 12.4. The van der Waals surface area contributed by atoms with Crippen molar-refractivity contribution in [2.24, 2.45) is 0 Å². The van der Waals surface area contributed by atoms with Crippen LogP contribution in [0.4, 0.5) is 0 Å². The van der Waals surface area contributed by atoms with Crippen LogP contribution in [0.3, 0.4) is 0 Å². The van der Waals surface area contributed by atoms with Crippen LogP contribution in [-0.4, -0.2) is 43.1 Å². The highest BCUT2D eigenvalue weighted by molar-refractivity contribution is 7.89. The Bertz CT molecular complexity index is 344. The third-order valence-corrected chi connectivity index (χ3v) is 5.98. The number of piperidine rings is 1. The minimum absolute atomic E-state index is 0.169. The molecule has 0 bridgehead atoms. The van der Waals surface area contributed by atoms with Crippen LogP contribution >= 0.6 is 0 Å². The van der Waals surface area contributed by atoms with E-state index in [2.05, 4.69) is 19.2 Å². The van der Waals surface area contributed by atoms with Crippen LogP contribution in [0.1, 0.15) is 59.8 Å². The molecule has 0 aliphatic carbocycles. The van der Waals surface area contributed by atoms with Crippen molar-refractivity contribution in [2.45, 2.75) is 77.9 Å². The van der Waals surface area contributed by atoms with Crippen molar-refractivity contribution in [3.8, 4) is 0 Å². The Balaban J connectivity index is 2.42. The van der Waals surface area contributed by atoms with E-state index in [0.717, 1.165) is 38.6 Å². The zero-order valence-corrected chi connectivity index (χ0v) is 13.7. The van der Waals surface area contributed by atoms with E-state index in [1.807, 2.05) is 13.8 Å². The molecule has 1 rings (SSSR count). The molecular weight excluding hydrogens is 260 g/mol. The monoisotopic (exact) mass is 290 g/mol. The lowest BCUT2D eigenvalue weighted by Gasteiger charge is -2.37. The summed E-state index contributed by atoms with van der Waals surface area (Å²) in [5, 5.41) is 3.32. The van der Waals surface area contributed by atoms with E-state index in [9.17, 15) is 8.42 Å². The van der Waals surface area contributed by atoms with Crippen molar-refractivity contribution in [1.82, 2.24) is 9.62 Å². The first-order chi connectivity index (χ1) is 8.84. The van der Waals surface area contributed by atoms with Crippen molar-refractivity contribution in [2.75, 3.05) is 12.3 Å². The number of hydrogen-bond acceptors (Lipinski definition) is 3. The van der Waals surface area contributed by atoms with E-state index in [1.54, 1.807) is 4.31 Å². The van der Waals surface area contributed by atoms with Gasteiger partial charge in [-0.3, -0.25) is 0 Å². The molecular formula is C14H30N2O2S. The first-order valence-electron chi connectivity index (χ1n) is 7.59. The largest absolute Gasteiger partial charge is 0.315 e. The third-order valence-electron chi connectivity index (χ3n) is 3.82. The summed E-state index contributed by atoms with van der Waals surface area (Å²) in [6.07, 6.45) is 4.82. The molecule has 114 valence electrons. The highest BCUT2D eigenvalue weighted by atomic mass is 32.2. The SMILES string of the molecule is CC(C)NCCCCS(=O)(=O)N1[C@H](C)CCC[C@@H]1C. The molecule has 0 spiro atoms. The Morgan fingerprint density at radius 3 is 2.26 bits per heavy atom. The standard InChI is InChI=1S/C14H30N2O2S/c1-12(2)15-10-5-6-11-19(17,18)16-13(3)8-7-9-14(16)4/h12-15H,5-11H2,1-4H3/t13-,14+. The number of rotatable bonds is 7. The van der Waals surface area contributed by atoms with Gasteiger partial charge >= 0.3 is 0 Å². The summed E-state index contributed by atoms with van der Waals surface area (Å²) in [6.45, 7) is 9.18. The average molecular weight is 290 g/mol. The molecule has 0 aromatic carbocycles. The van der Waals surface area contributed by atoms with Gasteiger partial charge in [-0.05, 0) is 46.1 Å². The summed E-state index contributed by atoms with van der Waals surface area (Å²) in [5.74, 6) is 0.293. The fourth-order valence-corrected chi connectivity index (χ4v) is 4.94. The van der Waals surface area contributed by atoms with Gasteiger partial charge in [0.25, 0.3) is 0 Å². The number of nitrogens with zero attached hydrogens (tertiary/aromatic N) is 1. The summed E-state index contributed by atoms with van der Waals surface area (Å²) in [7, 11) is -3.08. The van der Waals surface area contributed by atoms with Gasteiger partial charge in [0, 0.05) is 18.1 Å². The second kappa shape index (κ2) is 7.60. The van der Waals surface area contributed by atoms with Crippen LogP contribution in [-0.2, 0) is 10.0 Å². The summed E-state index contributed by atoms with van der Waals surface area (Å²) in [4.78, 5) is 0. The van der Waals surface area contributed by atoms with Gasteiger partial charge in [0.05, 0.1) is 5.75 Å². The van der Waals surface area contributed by atoms with Gasteiger partial charge in [-0.25, -0.2) is 8.42 Å². The van der Waals surface area contributed by atoms with Crippen molar-refractivity contribution in [3.05, 3.63) is 0 Å². The van der Waals surface area contributed by atoms with E-state index < -0.39 is 10.0 Å². The number of unbranched alkanes of at least 4 members (excludes halogenated alkanes) is 1. The fourth-order valence-electron chi connectivity index (χ4n) is 2.85. The fraction of sp³-hybridized carbons (Fsp3) is 1.00. The summed E-state index contributed by atoms with van der Waals surface area (Å²) in [6, 6.07) is 0.809. The average Bonchev–Trinajstić information content (AvgIpc) is 2.27. The number of sulfonamides is 1. The highest BCUT2D eigenvalue weighted by Gasteiger charge is 2.33. The summed E-state index contributed by atoms with van der Waals surface area (Å²) in [5.41, 5.74) is 0. The Morgan fingerprint density at radius 1 is 1.16 bits per heavy atom. The molecule has 19 heavy (non-hydrogen) atoms. The molecule has 0 unspecified atom stereocenters. The Hall–Kier alpha value is -0.130. The molecule has 4 nitrogen and oxygen atoms in total. The molecule has 1 aliphatic heterocycles. The molecule has 1 N–H and O–H groups in total. The molecule has 1 heterocycles. The van der Waals surface area contributed by atoms with E-state index in [4.69, 9.17) is 0 Å². The molecule has 1 saturated heterocycles. The second-order valence-corrected chi connectivity index (χ2v) is 8.08. The summed E-state index contributed by atoms with van der Waals surface area (Å²) >= 11 is 0. The molecule has 0 aromatic rings. The van der Waals surface area contributed by atoms with E-state index in [1.165, 1.54) is 0 Å². The topological polar surface area (TPSA) is 49.4 Å². The molecule has 2 atom stereocenters. The van der Waals surface area contributed by atoms with Crippen LogP contribution in [0.2, 0.25) is 0 Å². The minimum atomic E-state index is -3.08. The molecule has 0 radical (unpaired) electrons. The van der Waals surface area contributed by atoms with Gasteiger partial charge < -0.3 is 5.32 Å². The molecule has 5 heteroatoms. The lowest BCUT2D eigenvalue weighted by Crippen LogP contribution is -2.48. The van der Waals surface area contributed by atoms with Crippen molar-refractivity contribution in [3.63, 3.8) is 0 Å². The van der Waals surface area contributed by atoms with Crippen LogP contribution in [0.15, 0.2) is 0 Å². The summed E-state index contributed by atoms with van der Waals surface area (Å²) < 4.78 is 26.6. The molecule has 0 amide bonds. The van der Waals surface area contributed by atoms with E-state index >= 15 is 0 Å². The van der Waals surface area contributed by atoms with Crippen LogP contribution in [0.25, 0.3) is 0 Å². The van der Waals surface area contributed by atoms with Crippen LogP contribution in [0.5, 0.6) is 0 Å². The normalized spacial score (nSPS) is 25.9. The Morgan fingerprint density at radius 2 is 1.74 bits per heavy atom. The van der Waals surface area contributed by atoms with E-state index in [0.29, 0.717) is 11.8 Å². The minimum Gasteiger partial charge on any atom is -0.315 e. The van der Waals surface area contributed by atoms with Crippen molar-refractivity contribution < 1.29 is 8.42 Å². The maximum atomic E-state index is 12.4. The molecule has 1 fully saturated rings.